The van der Waals surface area contributed by atoms with Crippen molar-refractivity contribution in [3.63, 3.8) is 0 Å². The number of rotatable bonds is 12. The average Bonchev–Trinajstić information content (AvgIpc) is 3.22. The molecule has 0 aliphatic heterocycles. The van der Waals surface area contributed by atoms with Gasteiger partial charge in [-0.05, 0) is 49.5 Å². The van der Waals surface area contributed by atoms with E-state index in [-0.39, 0.29) is 0 Å². The number of ether oxygens (including phenoxy) is 1. The second kappa shape index (κ2) is 11.5. The van der Waals surface area contributed by atoms with Crippen molar-refractivity contribution in [2.24, 2.45) is 11.8 Å². The van der Waals surface area contributed by atoms with Crippen LogP contribution in [-0.2, 0) is 4.74 Å². The molecule has 2 bridgehead atoms. The lowest BCUT2D eigenvalue weighted by Crippen LogP contribution is -2.34. The largest absolute Gasteiger partial charge is 0.381 e. The van der Waals surface area contributed by atoms with Crippen LogP contribution >= 0.6 is 0 Å². The standard InChI is InChI=1S/C23H42OSi/c1-4-16-24-17-12-10-8-6-5-7-9-11-13-18-25(2,3)23-20-21-14-15-22(23)19-21/h21-23H,4-12,14-17,19-20H2,1-3H3. The minimum atomic E-state index is -1.30. The van der Waals surface area contributed by atoms with Gasteiger partial charge in [-0.1, -0.05) is 65.0 Å². The molecule has 25 heavy (non-hydrogen) atoms. The maximum Gasteiger partial charge on any atom is 0.135 e. The van der Waals surface area contributed by atoms with E-state index in [0.717, 1.165) is 43.4 Å². The molecule has 0 amide bonds. The van der Waals surface area contributed by atoms with Gasteiger partial charge in [-0.2, -0.15) is 0 Å². The number of unbranched alkanes of at least 4 members (excludes halogenated alkanes) is 7. The third kappa shape index (κ3) is 7.47. The first-order valence-corrected chi connectivity index (χ1v) is 14.3. The quantitative estimate of drug-likeness (QED) is 0.207. The number of hydrogen-bond donors (Lipinski definition) is 0. The summed E-state index contributed by atoms with van der Waals surface area (Å²) in [4.78, 5) is 0. The molecule has 3 unspecified atom stereocenters. The van der Waals surface area contributed by atoms with Crippen molar-refractivity contribution in [1.82, 2.24) is 0 Å². The monoisotopic (exact) mass is 362 g/mol. The fraction of sp³-hybridized carbons (Fsp3) is 0.913. The molecule has 0 aromatic heterocycles. The van der Waals surface area contributed by atoms with Crippen LogP contribution in [0.25, 0.3) is 0 Å². The van der Waals surface area contributed by atoms with Crippen molar-refractivity contribution >= 4 is 8.07 Å². The van der Waals surface area contributed by atoms with Crippen molar-refractivity contribution in [3.8, 4) is 11.5 Å². The molecule has 0 aromatic rings. The average molecular weight is 363 g/mol. The van der Waals surface area contributed by atoms with E-state index < -0.39 is 8.07 Å². The molecule has 144 valence electrons. The van der Waals surface area contributed by atoms with Crippen LogP contribution in [0.5, 0.6) is 0 Å². The minimum Gasteiger partial charge on any atom is -0.381 e. The van der Waals surface area contributed by atoms with Gasteiger partial charge >= 0.3 is 0 Å². The number of hydrogen-bond acceptors (Lipinski definition) is 1. The SMILES string of the molecule is CCCOCCCCCCCCCC#C[Si](C)(C)C1CC2CCC1C2. The molecule has 3 atom stereocenters. The van der Waals surface area contributed by atoms with E-state index in [4.69, 9.17) is 4.74 Å². The summed E-state index contributed by atoms with van der Waals surface area (Å²) in [5, 5.41) is 0. The summed E-state index contributed by atoms with van der Waals surface area (Å²) in [7, 11) is -1.30. The maximum atomic E-state index is 5.52. The smallest absolute Gasteiger partial charge is 0.135 e. The molecule has 0 N–H and O–H groups in total. The van der Waals surface area contributed by atoms with E-state index >= 15 is 0 Å². The zero-order valence-corrected chi connectivity index (χ0v) is 18.2. The van der Waals surface area contributed by atoms with Crippen LogP contribution in [0, 0.1) is 23.3 Å². The Labute approximate surface area is 158 Å². The first-order chi connectivity index (χ1) is 12.1. The molecular weight excluding hydrogens is 320 g/mol. The van der Waals surface area contributed by atoms with Gasteiger partial charge in [-0.25, -0.2) is 0 Å². The number of fused-ring (bicyclic) bond motifs is 2. The molecule has 0 radical (unpaired) electrons. The van der Waals surface area contributed by atoms with Crippen LogP contribution in [0.3, 0.4) is 0 Å². The Balaban J connectivity index is 1.45. The molecule has 2 saturated carbocycles. The fourth-order valence-corrected chi connectivity index (χ4v) is 8.23. The van der Waals surface area contributed by atoms with Gasteiger partial charge in [0.2, 0.25) is 0 Å². The summed E-state index contributed by atoms with van der Waals surface area (Å²) in [6, 6.07) is 0. The highest BCUT2D eigenvalue weighted by Gasteiger charge is 2.46. The van der Waals surface area contributed by atoms with Crippen LogP contribution < -0.4 is 0 Å². The first-order valence-electron chi connectivity index (χ1n) is 11.2. The van der Waals surface area contributed by atoms with Gasteiger partial charge in [0.1, 0.15) is 8.07 Å². The van der Waals surface area contributed by atoms with Gasteiger partial charge in [0.05, 0.1) is 0 Å². The maximum absolute atomic E-state index is 5.52. The van der Waals surface area contributed by atoms with E-state index in [1.165, 1.54) is 70.6 Å². The molecule has 2 aliphatic carbocycles. The Bertz CT molecular complexity index is 420. The second-order valence-corrected chi connectivity index (χ2v) is 13.6. The van der Waals surface area contributed by atoms with E-state index in [2.05, 4.69) is 31.5 Å². The normalized spacial score (nSPS) is 25.2. The predicted molar refractivity (Wildman–Crippen MR) is 113 cm³/mol. The fourth-order valence-electron chi connectivity index (χ4n) is 5.06. The summed E-state index contributed by atoms with van der Waals surface area (Å²) in [5.74, 6) is 5.71. The summed E-state index contributed by atoms with van der Waals surface area (Å²) < 4.78 is 5.52. The molecule has 2 heteroatoms. The third-order valence-electron chi connectivity index (χ3n) is 6.51. The van der Waals surface area contributed by atoms with E-state index in [9.17, 15) is 0 Å². The molecule has 2 aliphatic rings. The lowest BCUT2D eigenvalue weighted by atomic mass is 10.0. The Morgan fingerprint density at radius 2 is 1.60 bits per heavy atom. The Kier molecular flexibility index (Phi) is 9.64. The molecule has 1 nitrogen and oxygen atoms in total. The molecule has 2 fully saturated rings. The highest BCUT2D eigenvalue weighted by Crippen LogP contribution is 2.55. The summed E-state index contributed by atoms with van der Waals surface area (Å²) in [5.41, 5.74) is 4.81. The summed E-state index contributed by atoms with van der Waals surface area (Å²) >= 11 is 0. The van der Waals surface area contributed by atoms with E-state index in [1.807, 2.05) is 0 Å². The lowest BCUT2D eigenvalue weighted by Gasteiger charge is -2.31. The van der Waals surface area contributed by atoms with Crippen molar-refractivity contribution < 1.29 is 4.74 Å². The predicted octanol–water partition coefficient (Wildman–Crippen LogP) is 6.98. The second-order valence-electron chi connectivity index (χ2n) is 9.14. The van der Waals surface area contributed by atoms with Crippen LogP contribution in [0.4, 0.5) is 0 Å². The van der Waals surface area contributed by atoms with Crippen LogP contribution in [0.1, 0.15) is 90.4 Å². The van der Waals surface area contributed by atoms with Gasteiger partial charge in [0.25, 0.3) is 0 Å². The molecular formula is C23H42OSi. The Morgan fingerprint density at radius 1 is 0.880 bits per heavy atom. The van der Waals surface area contributed by atoms with Crippen molar-refractivity contribution in [2.75, 3.05) is 13.2 Å². The Hall–Kier alpha value is -0.263. The van der Waals surface area contributed by atoms with Crippen molar-refractivity contribution in [1.29, 1.82) is 0 Å². The van der Waals surface area contributed by atoms with Crippen LogP contribution in [0.2, 0.25) is 18.6 Å². The molecule has 0 saturated heterocycles. The van der Waals surface area contributed by atoms with Gasteiger partial charge < -0.3 is 4.74 Å². The highest BCUT2D eigenvalue weighted by atomic mass is 28.3. The van der Waals surface area contributed by atoms with Crippen LogP contribution in [-0.4, -0.2) is 21.3 Å². The van der Waals surface area contributed by atoms with Crippen molar-refractivity contribution in [2.45, 2.75) is 109 Å². The van der Waals surface area contributed by atoms with Crippen LogP contribution in [0.15, 0.2) is 0 Å². The lowest BCUT2D eigenvalue weighted by molar-refractivity contribution is 0.130. The third-order valence-corrected chi connectivity index (χ3v) is 9.90. The molecule has 0 heterocycles. The summed E-state index contributed by atoms with van der Waals surface area (Å²) in [6.45, 7) is 9.14. The van der Waals surface area contributed by atoms with Crippen molar-refractivity contribution in [3.05, 3.63) is 0 Å². The molecule has 0 aromatic carbocycles. The Morgan fingerprint density at radius 3 is 2.24 bits per heavy atom. The van der Waals surface area contributed by atoms with Gasteiger partial charge in [-0.3, -0.25) is 0 Å². The van der Waals surface area contributed by atoms with Gasteiger partial charge in [-0.15, -0.1) is 11.5 Å². The first kappa shape index (κ1) is 21.0. The van der Waals surface area contributed by atoms with E-state index in [1.54, 1.807) is 0 Å². The van der Waals surface area contributed by atoms with E-state index in [0.29, 0.717) is 0 Å². The molecule has 2 rings (SSSR count). The summed E-state index contributed by atoms with van der Waals surface area (Å²) in [6.07, 6.45) is 17.8. The minimum absolute atomic E-state index is 0.933. The zero-order chi connectivity index (χ0) is 18.0. The molecule has 0 spiro atoms. The highest BCUT2D eigenvalue weighted by molar-refractivity contribution is 6.86. The topological polar surface area (TPSA) is 9.23 Å². The van der Waals surface area contributed by atoms with Gasteiger partial charge in [0.15, 0.2) is 0 Å². The van der Waals surface area contributed by atoms with Gasteiger partial charge in [0, 0.05) is 19.6 Å². The zero-order valence-electron chi connectivity index (χ0n) is 17.2.